The van der Waals surface area contributed by atoms with E-state index in [-0.39, 0.29) is 0 Å². The van der Waals surface area contributed by atoms with E-state index in [9.17, 15) is 8.78 Å². The Hall–Kier alpha value is -1.70. The Kier molecular flexibility index (Phi) is 3.52. The molecule has 0 atom stereocenters. The molecular weight excluding hydrogens is 218 g/mol. The normalized spacial score (nSPS) is 10.5. The van der Waals surface area contributed by atoms with E-state index in [0.717, 1.165) is 12.5 Å². The fourth-order valence-electron chi connectivity index (χ4n) is 1.76. The van der Waals surface area contributed by atoms with Gasteiger partial charge >= 0.3 is 0 Å². The molecule has 2 heteroatoms. The molecule has 0 unspecified atom stereocenters. The number of aryl methyl sites for hydroxylation is 3. The molecule has 0 amide bonds. The SMILES string of the molecule is Cc1ccc(CCc2ccc(F)cc2F)cc1. The number of benzene rings is 2. The van der Waals surface area contributed by atoms with Crippen LogP contribution in [0.4, 0.5) is 8.78 Å². The quantitative estimate of drug-likeness (QED) is 0.748. The first-order chi connectivity index (χ1) is 8.15. The number of hydrogen-bond acceptors (Lipinski definition) is 0. The Morgan fingerprint density at radius 2 is 1.59 bits per heavy atom. The van der Waals surface area contributed by atoms with E-state index in [2.05, 4.69) is 0 Å². The second-order valence-corrected chi connectivity index (χ2v) is 4.22. The summed E-state index contributed by atoms with van der Waals surface area (Å²) in [6, 6.07) is 11.9. The van der Waals surface area contributed by atoms with E-state index >= 15 is 0 Å². The van der Waals surface area contributed by atoms with Crippen molar-refractivity contribution in [2.24, 2.45) is 0 Å². The summed E-state index contributed by atoms with van der Waals surface area (Å²) in [5.74, 6) is -0.987. The molecule has 0 nitrogen and oxygen atoms in total. The molecule has 0 spiro atoms. The summed E-state index contributed by atoms with van der Waals surface area (Å²) in [6.45, 7) is 2.03. The molecule has 0 aliphatic rings. The summed E-state index contributed by atoms with van der Waals surface area (Å²) >= 11 is 0. The summed E-state index contributed by atoms with van der Waals surface area (Å²) in [4.78, 5) is 0. The molecule has 0 aliphatic heterocycles. The summed E-state index contributed by atoms with van der Waals surface area (Å²) in [5.41, 5.74) is 2.94. The highest BCUT2D eigenvalue weighted by atomic mass is 19.1. The van der Waals surface area contributed by atoms with E-state index in [1.165, 1.54) is 23.3 Å². The molecule has 88 valence electrons. The van der Waals surface area contributed by atoms with Crippen LogP contribution in [-0.4, -0.2) is 0 Å². The van der Waals surface area contributed by atoms with Gasteiger partial charge in [0.1, 0.15) is 11.6 Å². The fourth-order valence-corrected chi connectivity index (χ4v) is 1.76. The van der Waals surface area contributed by atoms with Crippen molar-refractivity contribution in [3.8, 4) is 0 Å². The van der Waals surface area contributed by atoms with Gasteiger partial charge in [-0.25, -0.2) is 8.78 Å². The summed E-state index contributed by atoms with van der Waals surface area (Å²) in [6.07, 6.45) is 1.36. The van der Waals surface area contributed by atoms with Crippen LogP contribution in [0.5, 0.6) is 0 Å². The van der Waals surface area contributed by atoms with Crippen LogP contribution in [-0.2, 0) is 12.8 Å². The molecule has 0 N–H and O–H groups in total. The predicted octanol–water partition coefficient (Wildman–Crippen LogP) is 4.06. The van der Waals surface area contributed by atoms with Crippen molar-refractivity contribution < 1.29 is 8.78 Å². The lowest BCUT2D eigenvalue weighted by Crippen LogP contribution is -1.95. The van der Waals surface area contributed by atoms with Crippen molar-refractivity contribution in [1.29, 1.82) is 0 Å². The Bertz CT molecular complexity index is 501. The van der Waals surface area contributed by atoms with Crippen molar-refractivity contribution in [2.75, 3.05) is 0 Å². The Morgan fingerprint density at radius 3 is 2.24 bits per heavy atom. The van der Waals surface area contributed by atoms with E-state index < -0.39 is 11.6 Å². The van der Waals surface area contributed by atoms with Gasteiger partial charge in [0.15, 0.2) is 0 Å². The van der Waals surface area contributed by atoms with Crippen LogP contribution in [0, 0.1) is 18.6 Å². The second kappa shape index (κ2) is 5.09. The lowest BCUT2D eigenvalue weighted by molar-refractivity contribution is 0.571. The van der Waals surface area contributed by atoms with Crippen LogP contribution in [0.3, 0.4) is 0 Å². The molecule has 2 aromatic rings. The number of hydrogen-bond donors (Lipinski definition) is 0. The molecule has 0 radical (unpaired) electrons. The molecule has 0 fully saturated rings. The Morgan fingerprint density at radius 1 is 0.882 bits per heavy atom. The molecular formula is C15H14F2. The molecule has 2 aromatic carbocycles. The van der Waals surface area contributed by atoms with E-state index in [0.29, 0.717) is 12.0 Å². The van der Waals surface area contributed by atoms with Gasteiger partial charge in [-0.3, -0.25) is 0 Å². The highest BCUT2D eigenvalue weighted by Crippen LogP contribution is 2.13. The van der Waals surface area contributed by atoms with Gasteiger partial charge in [0.25, 0.3) is 0 Å². The minimum Gasteiger partial charge on any atom is -0.207 e. The summed E-state index contributed by atoms with van der Waals surface area (Å²) in [7, 11) is 0. The van der Waals surface area contributed by atoms with Gasteiger partial charge in [-0.15, -0.1) is 0 Å². The van der Waals surface area contributed by atoms with Gasteiger partial charge in [-0.2, -0.15) is 0 Å². The predicted molar refractivity (Wildman–Crippen MR) is 64.9 cm³/mol. The second-order valence-electron chi connectivity index (χ2n) is 4.22. The first kappa shape index (κ1) is 11.8. The van der Waals surface area contributed by atoms with E-state index in [1.54, 1.807) is 0 Å². The molecule has 0 saturated heterocycles. The first-order valence-electron chi connectivity index (χ1n) is 5.64. The maximum atomic E-state index is 13.4. The van der Waals surface area contributed by atoms with Gasteiger partial charge in [-0.05, 0) is 37.0 Å². The first-order valence-corrected chi connectivity index (χ1v) is 5.64. The van der Waals surface area contributed by atoms with Crippen molar-refractivity contribution in [2.45, 2.75) is 19.8 Å². The average molecular weight is 232 g/mol. The molecule has 0 aromatic heterocycles. The highest BCUT2D eigenvalue weighted by molar-refractivity contribution is 5.24. The maximum Gasteiger partial charge on any atom is 0.129 e. The third-order valence-corrected chi connectivity index (χ3v) is 2.82. The highest BCUT2D eigenvalue weighted by Gasteiger charge is 2.03. The van der Waals surface area contributed by atoms with Gasteiger partial charge in [0, 0.05) is 6.07 Å². The molecule has 17 heavy (non-hydrogen) atoms. The van der Waals surface area contributed by atoms with E-state index in [1.807, 2.05) is 31.2 Å². The summed E-state index contributed by atoms with van der Waals surface area (Å²) in [5, 5.41) is 0. The van der Waals surface area contributed by atoms with Crippen LogP contribution >= 0.6 is 0 Å². The van der Waals surface area contributed by atoms with Crippen molar-refractivity contribution in [3.63, 3.8) is 0 Å². The van der Waals surface area contributed by atoms with Crippen LogP contribution in [0.15, 0.2) is 42.5 Å². The van der Waals surface area contributed by atoms with Crippen molar-refractivity contribution in [3.05, 3.63) is 70.8 Å². The van der Waals surface area contributed by atoms with Crippen molar-refractivity contribution >= 4 is 0 Å². The van der Waals surface area contributed by atoms with Gasteiger partial charge < -0.3 is 0 Å². The lowest BCUT2D eigenvalue weighted by atomic mass is 10.0. The molecule has 0 aliphatic carbocycles. The summed E-state index contributed by atoms with van der Waals surface area (Å²) < 4.78 is 26.1. The fraction of sp³-hybridized carbons (Fsp3) is 0.200. The van der Waals surface area contributed by atoms with Crippen LogP contribution in [0.25, 0.3) is 0 Å². The van der Waals surface area contributed by atoms with Crippen molar-refractivity contribution in [1.82, 2.24) is 0 Å². The van der Waals surface area contributed by atoms with E-state index in [4.69, 9.17) is 0 Å². The molecule has 2 rings (SSSR count). The number of halogens is 2. The minimum absolute atomic E-state index is 0.461. The standard InChI is InChI=1S/C15H14F2/c1-11-2-4-12(5-3-11)6-7-13-8-9-14(16)10-15(13)17/h2-5,8-10H,6-7H2,1H3. The molecule has 0 saturated carbocycles. The average Bonchev–Trinajstić information content (AvgIpc) is 2.30. The Labute approximate surface area is 99.9 Å². The topological polar surface area (TPSA) is 0 Å². The van der Waals surface area contributed by atoms with Crippen LogP contribution in [0.2, 0.25) is 0 Å². The van der Waals surface area contributed by atoms with Crippen LogP contribution in [0.1, 0.15) is 16.7 Å². The zero-order chi connectivity index (χ0) is 12.3. The minimum atomic E-state index is -0.526. The number of rotatable bonds is 3. The van der Waals surface area contributed by atoms with Gasteiger partial charge in [0.05, 0.1) is 0 Å². The Balaban J connectivity index is 2.04. The lowest BCUT2D eigenvalue weighted by Gasteiger charge is -2.04. The zero-order valence-electron chi connectivity index (χ0n) is 9.71. The largest absolute Gasteiger partial charge is 0.207 e. The third-order valence-electron chi connectivity index (χ3n) is 2.82. The third kappa shape index (κ3) is 3.13. The monoisotopic (exact) mass is 232 g/mol. The van der Waals surface area contributed by atoms with Gasteiger partial charge in [-0.1, -0.05) is 35.9 Å². The molecule has 0 heterocycles. The molecule has 0 bridgehead atoms. The van der Waals surface area contributed by atoms with Crippen LogP contribution < -0.4 is 0 Å². The maximum absolute atomic E-state index is 13.4. The van der Waals surface area contributed by atoms with Gasteiger partial charge in [0.2, 0.25) is 0 Å². The zero-order valence-corrected chi connectivity index (χ0v) is 9.71. The smallest absolute Gasteiger partial charge is 0.129 e.